The Hall–Kier alpha value is -3.92. The first kappa shape index (κ1) is 16.1. The van der Waals surface area contributed by atoms with Gasteiger partial charge in [-0.2, -0.15) is 0 Å². The highest BCUT2D eigenvalue weighted by molar-refractivity contribution is 6.01. The van der Waals surface area contributed by atoms with Gasteiger partial charge in [0.1, 0.15) is 11.5 Å². The van der Waals surface area contributed by atoms with Crippen LogP contribution in [-0.4, -0.2) is 15.1 Å². The minimum absolute atomic E-state index is 0.207. The highest BCUT2D eigenvalue weighted by Crippen LogP contribution is 2.48. The van der Waals surface area contributed by atoms with Crippen LogP contribution in [-0.2, 0) is 0 Å². The molecule has 1 aliphatic heterocycles. The summed E-state index contributed by atoms with van der Waals surface area (Å²) in [7, 11) is 0. The molecule has 0 amide bonds. The average molecular weight is 376 g/mol. The van der Waals surface area contributed by atoms with E-state index in [2.05, 4.69) is 29.2 Å². The number of phenols is 1. The molecule has 6 rings (SSSR count). The van der Waals surface area contributed by atoms with Gasteiger partial charge in [-0.05, 0) is 41.1 Å². The summed E-state index contributed by atoms with van der Waals surface area (Å²) in [6.07, 6.45) is 1.31. The number of aromatic nitrogens is 2. The van der Waals surface area contributed by atoms with Gasteiger partial charge in [-0.25, -0.2) is 9.97 Å². The molecule has 1 N–H and O–H groups in total. The Morgan fingerprint density at radius 3 is 2.55 bits per heavy atom. The number of rotatable bonds is 1. The minimum Gasteiger partial charge on any atom is -0.508 e. The van der Waals surface area contributed by atoms with Crippen molar-refractivity contribution in [3.63, 3.8) is 0 Å². The van der Waals surface area contributed by atoms with E-state index in [0.717, 1.165) is 44.3 Å². The van der Waals surface area contributed by atoms with Crippen LogP contribution in [0.3, 0.4) is 0 Å². The summed E-state index contributed by atoms with van der Waals surface area (Å²) in [5.41, 5.74) is 4.16. The summed E-state index contributed by atoms with van der Waals surface area (Å²) in [5, 5.41) is 13.7. The largest absolute Gasteiger partial charge is 0.508 e. The molecule has 1 aliphatic rings. The van der Waals surface area contributed by atoms with E-state index < -0.39 is 6.10 Å². The molecule has 1 unspecified atom stereocenters. The molecule has 0 bridgehead atoms. The molecule has 3 heterocycles. The van der Waals surface area contributed by atoms with E-state index in [0.29, 0.717) is 5.65 Å². The van der Waals surface area contributed by atoms with Crippen LogP contribution in [0.15, 0.2) is 85.1 Å². The second-order valence-electron chi connectivity index (χ2n) is 7.19. The number of hydrogen-bond donors (Lipinski definition) is 1. The van der Waals surface area contributed by atoms with Gasteiger partial charge in [-0.1, -0.05) is 48.5 Å². The van der Waals surface area contributed by atoms with Crippen LogP contribution < -0.4 is 4.74 Å². The lowest BCUT2D eigenvalue weighted by atomic mass is 9.89. The van der Waals surface area contributed by atoms with Crippen molar-refractivity contribution in [1.82, 2.24) is 9.97 Å². The number of aromatic hydroxyl groups is 1. The van der Waals surface area contributed by atoms with Gasteiger partial charge in [0.15, 0.2) is 11.8 Å². The van der Waals surface area contributed by atoms with E-state index in [1.807, 2.05) is 48.5 Å². The van der Waals surface area contributed by atoms with Crippen molar-refractivity contribution in [2.75, 3.05) is 0 Å². The third-order valence-electron chi connectivity index (χ3n) is 5.49. The first-order valence-electron chi connectivity index (χ1n) is 9.52. The summed E-state index contributed by atoms with van der Waals surface area (Å²) in [5.74, 6) is 0.964. The van der Waals surface area contributed by atoms with Crippen LogP contribution in [0.25, 0.3) is 33.1 Å². The van der Waals surface area contributed by atoms with Gasteiger partial charge < -0.3 is 9.84 Å². The van der Waals surface area contributed by atoms with Gasteiger partial charge in [-0.15, -0.1) is 0 Å². The van der Waals surface area contributed by atoms with Gasteiger partial charge in [0, 0.05) is 22.7 Å². The van der Waals surface area contributed by atoms with Crippen molar-refractivity contribution < 1.29 is 9.84 Å². The third-order valence-corrected chi connectivity index (χ3v) is 5.49. The Kier molecular flexibility index (Phi) is 3.35. The molecule has 0 saturated heterocycles. The number of phenolic OH excluding ortho intramolecular Hbond substituents is 1. The monoisotopic (exact) mass is 376 g/mol. The van der Waals surface area contributed by atoms with Gasteiger partial charge in [0.25, 0.3) is 0 Å². The molecule has 0 fully saturated rings. The van der Waals surface area contributed by atoms with Crippen molar-refractivity contribution >= 4 is 21.8 Å². The molecule has 5 aromatic rings. The zero-order chi connectivity index (χ0) is 19.4. The predicted octanol–water partition coefficient (Wildman–Crippen LogP) is 5.64. The molecule has 0 spiro atoms. The van der Waals surface area contributed by atoms with Gasteiger partial charge >= 0.3 is 0 Å². The molecule has 0 aliphatic carbocycles. The van der Waals surface area contributed by atoms with E-state index >= 15 is 0 Å². The van der Waals surface area contributed by atoms with Crippen molar-refractivity contribution in [2.24, 2.45) is 0 Å². The van der Waals surface area contributed by atoms with Gasteiger partial charge in [0.05, 0.1) is 11.3 Å². The van der Waals surface area contributed by atoms with Crippen LogP contribution in [0.5, 0.6) is 11.5 Å². The SMILES string of the molecule is Oc1ccccc1C1Oc2ccc3ccccc3c2-c2nc3ncccc3cc21. The summed E-state index contributed by atoms with van der Waals surface area (Å²) in [6, 6.07) is 25.5. The molecule has 138 valence electrons. The van der Waals surface area contributed by atoms with Crippen LogP contribution in [0, 0.1) is 0 Å². The first-order chi connectivity index (χ1) is 14.3. The molecule has 4 heteroatoms. The van der Waals surface area contributed by atoms with Gasteiger partial charge in [0.2, 0.25) is 0 Å². The standard InChI is InChI=1S/C25H16N2O2/c28-20-10-4-3-9-18(20)24-19-14-16-7-5-13-26-25(16)27-23(19)22-17-8-2-1-6-15(17)11-12-21(22)29-24/h1-14,24,28H. The van der Waals surface area contributed by atoms with E-state index in [-0.39, 0.29) is 5.75 Å². The molecule has 3 aromatic carbocycles. The van der Waals surface area contributed by atoms with Gasteiger partial charge in [-0.3, -0.25) is 0 Å². The second kappa shape index (κ2) is 6.04. The first-order valence-corrected chi connectivity index (χ1v) is 9.52. The average Bonchev–Trinajstić information content (AvgIpc) is 2.77. The minimum atomic E-state index is -0.447. The number of benzene rings is 3. The Morgan fingerprint density at radius 1 is 0.793 bits per heavy atom. The second-order valence-corrected chi connectivity index (χ2v) is 7.19. The van der Waals surface area contributed by atoms with E-state index in [1.54, 1.807) is 12.3 Å². The quantitative estimate of drug-likeness (QED) is 0.411. The molecule has 0 radical (unpaired) electrons. The maximum Gasteiger partial charge on any atom is 0.159 e. The molecule has 1 atom stereocenters. The van der Waals surface area contributed by atoms with E-state index in [9.17, 15) is 5.11 Å². The summed E-state index contributed by atoms with van der Waals surface area (Å²) in [4.78, 5) is 9.40. The third kappa shape index (κ3) is 2.39. The molecular weight excluding hydrogens is 360 g/mol. The van der Waals surface area contributed by atoms with Crippen molar-refractivity contribution in [1.29, 1.82) is 0 Å². The Bertz CT molecular complexity index is 1410. The number of fused-ring (bicyclic) bond motifs is 6. The van der Waals surface area contributed by atoms with Crippen LogP contribution >= 0.6 is 0 Å². The number of nitrogens with zero attached hydrogens (tertiary/aromatic N) is 2. The smallest absolute Gasteiger partial charge is 0.159 e. The fourth-order valence-corrected chi connectivity index (χ4v) is 4.15. The maximum absolute atomic E-state index is 10.5. The number of ether oxygens (including phenoxy) is 1. The number of pyridine rings is 2. The maximum atomic E-state index is 10.5. The predicted molar refractivity (Wildman–Crippen MR) is 113 cm³/mol. The Morgan fingerprint density at radius 2 is 1.62 bits per heavy atom. The lowest BCUT2D eigenvalue weighted by molar-refractivity contribution is 0.238. The number of para-hydroxylation sites is 1. The van der Waals surface area contributed by atoms with Crippen molar-refractivity contribution in [3.8, 4) is 22.8 Å². The topological polar surface area (TPSA) is 55.2 Å². The Balaban J connectivity index is 1.72. The Labute approximate surface area is 167 Å². The van der Waals surface area contributed by atoms with E-state index in [1.165, 1.54) is 0 Å². The zero-order valence-corrected chi connectivity index (χ0v) is 15.4. The van der Waals surface area contributed by atoms with Crippen molar-refractivity contribution in [2.45, 2.75) is 6.10 Å². The molecule has 0 saturated carbocycles. The molecule has 2 aromatic heterocycles. The fourth-order valence-electron chi connectivity index (χ4n) is 4.15. The molecule has 29 heavy (non-hydrogen) atoms. The van der Waals surface area contributed by atoms with Crippen molar-refractivity contribution in [3.05, 3.63) is 96.2 Å². The number of hydrogen-bond acceptors (Lipinski definition) is 4. The summed E-state index contributed by atoms with van der Waals surface area (Å²) < 4.78 is 6.46. The highest BCUT2D eigenvalue weighted by Gasteiger charge is 2.31. The van der Waals surface area contributed by atoms with Crippen LogP contribution in [0.1, 0.15) is 17.2 Å². The zero-order valence-electron chi connectivity index (χ0n) is 15.4. The lowest BCUT2D eigenvalue weighted by Gasteiger charge is -2.30. The fraction of sp³-hybridized carbons (Fsp3) is 0.0400. The lowest BCUT2D eigenvalue weighted by Crippen LogP contribution is -2.17. The normalized spacial score (nSPS) is 15.0. The summed E-state index contributed by atoms with van der Waals surface area (Å²) >= 11 is 0. The summed E-state index contributed by atoms with van der Waals surface area (Å²) in [6.45, 7) is 0. The van der Waals surface area contributed by atoms with E-state index in [4.69, 9.17) is 9.72 Å². The van der Waals surface area contributed by atoms with Crippen LogP contribution in [0.2, 0.25) is 0 Å². The molecular formula is C25H16N2O2. The molecule has 4 nitrogen and oxygen atoms in total. The van der Waals surface area contributed by atoms with Crippen LogP contribution in [0.4, 0.5) is 0 Å². The highest BCUT2D eigenvalue weighted by atomic mass is 16.5.